The van der Waals surface area contributed by atoms with E-state index in [4.69, 9.17) is 5.14 Å². The van der Waals surface area contributed by atoms with Crippen LogP contribution in [0.4, 0.5) is 0 Å². The van der Waals surface area contributed by atoms with Gasteiger partial charge in [0, 0.05) is 11.4 Å². The molecule has 2 N–H and O–H groups in total. The Hall–Kier alpha value is -0.510. The van der Waals surface area contributed by atoms with Crippen LogP contribution < -0.4 is 5.14 Å². The maximum Gasteiger partial charge on any atom is 0.0234 e. The van der Waals surface area contributed by atoms with Crippen molar-refractivity contribution in [3.8, 4) is 0 Å². The molecule has 0 atom stereocenters. The molecule has 0 aliphatic carbocycles. The molecule has 1 saturated heterocycles. The lowest BCUT2D eigenvalue weighted by Crippen LogP contribution is -2.29. The second kappa shape index (κ2) is 5.54. The van der Waals surface area contributed by atoms with Gasteiger partial charge in [0.2, 0.25) is 0 Å². The number of likely N-dealkylation sites (tertiary alicyclic amines) is 1. The predicted molar refractivity (Wildman–Crippen MR) is 65.6 cm³/mol. The lowest BCUT2D eigenvalue weighted by Gasteiger charge is -2.26. The maximum atomic E-state index is 5.55. The van der Waals surface area contributed by atoms with Crippen LogP contribution >= 0.6 is 11.9 Å². The van der Waals surface area contributed by atoms with E-state index in [9.17, 15) is 0 Å². The number of benzene rings is 1. The standard InChI is InChI=1S/C12H18N2S/c13-15-12-6-4-5-11(9-12)10-14-7-2-1-3-8-14/h4-6,9H,1-3,7-8,10,13H2. The van der Waals surface area contributed by atoms with Crippen LogP contribution in [0.25, 0.3) is 0 Å². The first-order valence-electron chi connectivity index (χ1n) is 5.56. The van der Waals surface area contributed by atoms with Gasteiger partial charge in [-0.2, -0.15) is 0 Å². The third-order valence-corrected chi connectivity index (χ3v) is 3.42. The summed E-state index contributed by atoms with van der Waals surface area (Å²) in [5.74, 6) is 0. The molecule has 1 aromatic rings. The summed E-state index contributed by atoms with van der Waals surface area (Å²) < 4.78 is 0. The molecule has 3 heteroatoms. The molecule has 0 radical (unpaired) electrons. The number of rotatable bonds is 3. The molecule has 1 aliphatic rings. The molecule has 82 valence electrons. The Morgan fingerprint density at radius 2 is 2.00 bits per heavy atom. The summed E-state index contributed by atoms with van der Waals surface area (Å²) in [4.78, 5) is 3.69. The van der Waals surface area contributed by atoms with Crippen LogP contribution in [0.2, 0.25) is 0 Å². The van der Waals surface area contributed by atoms with Crippen molar-refractivity contribution in [1.29, 1.82) is 0 Å². The van der Waals surface area contributed by atoms with E-state index in [0.717, 1.165) is 11.4 Å². The van der Waals surface area contributed by atoms with Crippen LogP contribution in [0, 0.1) is 0 Å². The highest BCUT2D eigenvalue weighted by molar-refractivity contribution is 7.97. The summed E-state index contributed by atoms with van der Waals surface area (Å²) in [6.07, 6.45) is 4.10. The topological polar surface area (TPSA) is 29.3 Å². The van der Waals surface area contributed by atoms with Crippen LogP contribution in [0.1, 0.15) is 24.8 Å². The Morgan fingerprint density at radius 1 is 1.20 bits per heavy atom. The Balaban J connectivity index is 1.96. The molecule has 1 aliphatic heterocycles. The molecule has 1 fully saturated rings. The first kappa shape index (κ1) is 11.0. The largest absolute Gasteiger partial charge is 0.299 e. The highest BCUT2D eigenvalue weighted by atomic mass is 32.2. The van der Waals surface area contributed by atoms with Gasteiger partial charge < -0.3 is 0 Å². The molecule has 2 rings (SSSR count). The summed E-state index contributed by atoms with van der Waals surface area (Å²) in [7, 11) is 0. The molecule has 0 bridgehead atoms. The van der Waals surface area contributed by atoms with Crippen LogP contribution in [0.5, 0.6) is 0 Å². The molecule has 1 aromatic carbocycles. The second-order valence-electron chi connectivity index (χ2n) is 4.10. The quantitative estimate of drug-likeness (QED) is 0.797. The zero-order chi connectivity index (χ0) is 10.5. The summed E-state index contributed by atoms with van der Waals surface area (Å²) in [5, 5.41) is 5.55. The van der Waals surface area contributed by atoms with Crippen LogP contribution in [-0.2, 0) is 6.54 Å². The third kappa shape index (κ3) is 3.23. The lowest BCUT2D eigenvalue weighted by atomic mass is 10.1. The summed E-state index contributed by atoms with van der Waals surface area (Å²) in [6, 6.07) is 8.53. The number of nitrogens with two attached hydrogens (primary N) is 1. The van der Waals surface area contributed by atoms with Gasteiger partial charge >= 0.3 is 0 Å². The van der Waals surface area contributed by atoms with Crippen molar-refractivity contribution in [2.75, 3.05) is 13.1 Å². The number of hydrogen-bond acceptors (Lipinski definition) is 3. The van der Waals surface area contributed by atoms with E-state index in [1.807, 2.05) is 0 Å². The number of hydrogen-bond donors (Lipinski definition) is 1. The maximum absolute atomic E-state index is 5.55. The van der Waals surface area contributed by atoms with Crippen molar-refractivity contribution in [2.45, 2.75) is 30.7 Å². The molecule has 0 aromatic heterocycles. The fourth-order valence-electron chi connectivity index (χ4n) is 2.09. The van der Waals surface area contributed by atoms with Gasteiger partial charge in [-0.15, -0.1) is 0 Å². The zero-order valence-electron chi connectivity index (χ0n) is 8.98. The highest BCUT2D eigenvalue weighted by Crippen LogP contribution is 2.17. The minimum atomic E-state index is 1.08. The Labute approximate surface area is 96.0 Å². The number of piperidine rings is 1. The fraction of sp³-hybridized carbons (Fsp3) is 0.500. The van der Waals surface area contributed by atoms with Crippen molar-refractivity contribution < 1.29 is 0 Å². The van der Waals surface area contributed by atoms with Crippen molar-refractivity contribution in [3.63, 3.8) is 0 Å². The SMILES string of the molecule is NSc1cccc(CN2CCCCC2)c1. The monoisotopic (exact) mass is 222 g/mol. The minimum absolute atomic E-state index is 1.08. The van der Waals surface area contributed by atoms with E-state index in [2.05, 4.69) is 29.2 Å². The molecule has 15 heavy (non-hydrogen) atoms. The van der Waals surface area contributed by atoms with Crippen molar-refractivity contribution >= 4 is 11.9 Å². The van der Waals surface area contributed by atoms with Crippen LogP contribution in [0.3, 0.4) is 0 Å². The van der Waals surface area contributed by atoms with E-state index in [-0.39, 0.29) is 0 Å². The molecule has 2 nitrogen and oxygen atoms in total. The van der Waals surface area contributed by atoms with Crippen LogP contribution in [-0.4, -0.2) is 18.0 Å². The van der Waals surface area contributed by atoms with Gasteiger partial charge in [-0.3, -0.25) is 10.0 Å². The molecular formula is C12H18N2S. The van der Waals surface area contributed by atoms with Gasteiger partial charge in [0.25, 0.3) is 0 Å². The zero-order valence-corrected chi connectivity index (χ0v) is 9.80. The van der Waals surface area contributed by atoms with Crippen molar-refractivity contribution in [2.24, 2.45) is 5.14 Å². The fourth-order valence-corrected chi connectivity index (χ4v) is 2.47. The molecule has 0 amide bonds. The molecule has 0 spiro atoms. The Morgan fingerprint density at radius 3 is 2.73 bits per heavy atom. The van der Waals surface area contributed by atoms with Crippen LogP contribution in [0.15, 0.2) is 29.2 Å². The molecule has 0 saturated carbocycles. The number of nitrogens with zero attached hydrogens (tertiary/aromatic N) is 1. The van der Waals surface area contributed by atoms with Gasteiger partial charge in [0.15, 0.2) is 0 Å². The van der Waals surface area contributed by atoms with E-state index < -0.39 is 0 Å². The van der Waals surface area contributed by atoms with E-state index in [1.165, 1.54) is 49.9 Å². The van der Waals surface area contributed by atoms with Gasteiger partial charge in [-0.25, -0.2) is 0 Å². The summed E-state index contributed by atoms with van der Waals surface area (Å²) in [5.41, 5.74) is 1.38. The average Bonchev–Trinajstić information content (AvgIpc) is 2.31. The third-order valence-electron chi connectivity index (χ3n) is 2.89. The highest BCUT2D eigenvalue weighted by Gasteiger charge is 2.10. The van der Waals surface area contributed by atoms with E-state index in [0.29, 0.717) is 0 Å². The Kier molecular flexibility index (Phi) is 4.06. The smallest absolute Gasteiger partial charge is 0.0234 e. The second-order valence-corrected chi connectivity index (χ2v) is 4.81. The van der Waals surface area contributed by atoms with E-state index >= 15 is 0 Å². The van der Waals surface area contributed by atoms with Gasteiger partial charge in [-0.1, -0.05) is 18.6 Å². The predicted octanol–water partition coefficient (Wildman–Crippen LogP) is 2.64. The Bertz CT molecular complexity index is 308. The van der Waals surface area contributed by atoms with Gasteiger partial charge in [0.05, 0.1) is 0 Å². The first-order valence-corrected chi connectivity index (χ1v) is 6.44. The minimum Gasteiger partial charge on any atom is -0.299 e. The van der Waals surface area contributed by atoms with Gasteiger partial charge in [-0.05, 0) is 55.6 Å². The van der Waals surface area contributed by atoms with Gasteiger partial charge in [0.1, 0.15) is 0 Å². The van der Waals surface area contributed by atoms with E-state index in [1.54, 1.807) is 0 Å². The molecule has 0 unspecified atom stereocenters. The normalized spacial score (nSPS) is 17.9. The molecule has 1 heterocycles. The lowest BCUT2D eigenvalue weighted by molar-refractivity contribution is 0.221. The summed E-state index contributed by atoms with van der Waals surface area (Å²) in [6.45, 7) is 3.58. The van der Waals surface area contributed by atoms with Crippen molar-refractivity contribution in [3.05, 3.63) is 29.8 Å². The first-order chi connectivity index (χ1) is 7.38. The average molecular weight is 222 g/mol. The van der Waals surface area contributed by atoms with Crippen molar-refractivity contribution in [1.82, 2.24) is 4.90 Å². The molecular weight excluding hydrogens is 204 g/mol. The summed E-state index contributed by atoms with van der Waals surface area (Å²) >= 11 is 1.33.